The molecule has 1 aromatic heterocycles. The summed E-state index contributed by atoms with van der Waals surface area (Å²) in [4.78, 5) is 0. The van der Waals surface area contributed by atoms with Gasteiger partial charge in [-0.1, -0.05) is 0 Å². The number of hydrogen-bond acceptors (Lipinski definition) is 3. The van der Waals surface area contributed by atoms with Crippen LogP contribution in [-0.2, 0) is 13.1 Å². The van der Waals surface area contributed by atoms with E-state index in [9.17, 15) is 5.11 Å². The second-order valence-corrected chi connectivity index (χ2v) is 3.67. The fourth-order valence-electron chi connectivity index (χ4n) is 1.80. The van der Waals surface area contributed by atoms with Crippen LogP contribution in [0.2, 0.25) is 0 Å². The number of benzene rings is 1. The summed E-state index contributed by atoms with van der Waals surface area (Å²) >= 11 is 0. The first-order valence-electron chi connectivity index (χ1n) is 4.90. The van der Waals surface area contributed by atoms with Gasteiger partial charge in [0.2, 0.25) is 0 Å². The maximum Gasteiger partial charge on any atom is 0.115 e. The lowest BCUT2D eigenvalue weighted by atomic mass is 10.3. The van der Waals surface area contributed by atoms with Gasteiger partial charge in [0.05, 0.1) is 11.4 Å². The molecule has 76 valence electrons. The summed E-state index contributed by atoms with van der Waals surface area (Å²) in [5.41, 5.74) is 3.34. The van der Waals surface area contributed by atoms with Crippen molar-refractivity contribution in [3.05, 3.63) is 41.7 Å². The van der Waals surface area contributed by atoms with E-state index in [2.05, 4.69) is 10.4 Å². The monoisotopic (exact) mass is 201 g/mol. The van der Waals surface area contributed by atoms with Crippen LogP contribution < -0.4 is 5.32 Å². The number of nitrogens with one attached hydrogen (secondary N) is 1. The van der Waals surface area contributed by atoms with Gasteiger partial charge in [0.1, 0.15) is 5.75 Å². The lowest BCUT2D eigenvalue weighted by Crippen LogP contribution is -2.04. The fourth-order valence-corrected chi connectivity index (χ4v) is 1.80. The molecule has 0 saturated carbocycles. The van der Waals surface area contributed by atoms with Crippen molar-refractivity contribution < 1.29 is 5.11 Å². The van der Waals surface area contributed by atoms with Gasteiger partial charge in [-0.15, -0.1) is 0 Å². The van der Waals surface area contributed by atoms with Crippen molar-refractivity contribution in [1.29, 1.82) is 0 Å². The lowest BCUT2D eigenvalue weighted by molar-refractivity contribution is 0.475. The van der Waals surface area contributed by atoms with Crippen LogP contribution in [0, 0.1) is 0 Å². The van der Waals surface area contributed by atoms with Gasteiger partial charge in [0.15, 0.2) is 0 Å². The number of hydrogen-bond donors (Lipinski definition) is 2. The maximum atomic E-state index is 9.18. The van der Waals surface area contributed by atoms with Crippen LogP contribution in [0.3, 0.4) is 0 Å². The highest BCUT2D eigenvalue weighted by atomic mass is 16.3. The molecule has 2 heterocycles. The van der Waals surface area contributed by atoms with Gasteiger partial charge < -0.3 is 10.4 Å². The van der Waals surface area contributed by atoms with E-state index in [1.807, 2.05) is 23.0 Å². The van der Waals surface area contributed by atoms with Crippen LogP contribution in [0.5, 0.6) is 5.75 Å². The summed E-state index contributed by atoms with van der Waals surface area (Å²) in [5, 5.41) is 16.9. The number of rotatable bonds is 1. The smallest absolute Gasteiger partial charge is 0.115 e. The number of fused-ring (bicyclic) bond motifs is 1. The van der Waals surface area contributed by atoms with E-state index < -0.39 is 0 Å². The Morgan fingerprint density at radius 1 is 1.20 bits per heavy atom. The van der Waals surface area contributed by atoms with Crippen molar-refractivity contribution in [1.82, 2.24) is 15.1 Å². The van der Waals surface area contributed by atoms with E-state index in [-0.39, 0.29) is 5.75 Å². The largest absolute Gasteiger partial charge is 0.508 e. The minimum absolute atomic E-state index is 0.278. The van der Waals surface area contributed by atoms with E-state index in [0.29, 0.717) is 0 Å². The molecule has 0 fully saturated rings. The van der Waals surface area contributed by atoms with Gasteiger partial charge in [-0.05, 0) is 24.3 Å². The second-order valence-electron chi connectivity index (χ2n) is 3.67. The first-order chi connectivity index (χ1) is 7.33. The van der Waals surface area contributed by atoms with Gasteiger partial charge in [0.25, 0.3) is 0 Å². The van der Waals surface area contributed by atoms with E-state index in [1.165, 1.54) is 5.56 Å². The van der Waals surface area contributed by atoms with Crippen molar-refractivity contribution >= 4 is 0 Å². The Labute approximate surface area is 87.2 Å². The molecule has 0 atom stereocenters. The van der Waals surface area contributed by atoms with Gasteiger partial charge in [-0.25, -0.2) is 4.68 Å². The molecule has 0 unspecified atom stereocenters. The maximum absolute atomic E-state index is 9.18. The van der Waals surface area contributed by atoms with E-state index >= 15 is 0 Å². The first kappa shape index (κ1) is 8.49. The molecule has 2 aromatic rings. The van der Waals surface area contributed by atoms with Crippen LogP contribution in [0.4, 0.5) is 0 Å². The van der Waals surface area contributed by atoms with E-state index in [4.69, 9.17) is 0 Å². The summed E-state index contributed by atoms with van der Waals surface area (Å²) in [6, 6.07) is 7.04. The Balaban J connectivity index is 2.02. The predicted octanol–water partition coefficient (Wildman–Crippen LogP) is 1.18. The first-order valence-corrected chi connectivity index (χ1v) is 4.90. The molecule has 0 saturated heterocycles. The highest BCUT2D eigenvalue weighted by molar-refractivity contribution is 5.37. The standard InChI is InChI=1S/C11H11N3O/c15-10-3-1-9(2-4-10)14-7-8-5-12-6-11(8)13-14/h1-4,7,12,15H,5-6H2. The molecular weight excluding hydrogens is 190 g/mol. The molecule has 3 rings (SSSR count). The van der Waals surface area contributed by atoms with E-state index in [0.717, 1.165) is 24.5 Å². The average Bonchev–Trinajstić information content (AvgIpc) is 2.78. The van der Waals surface area contributed by atoms with Gasteiger partial charge >= 0.3 is 0 Å². The molecular formula is C11H11N3O. The molecule has 4 heteroatoms. The Hall–Kier alpha value is -1.81. The summed E-state index contributed by atoms with van der Waals surface area (Å²) in [6.45, 7) is 1.74. The van der Waals surface area contributed by atoms with Gasteiger partial charge in [0, 0.05) is 24.8 Å². The third-order valence-corrected chi connectivity index (χ3v) is 2.60. The van der Waals surface area contributed by atoms with Crippen LogP contribution in [0.15, 0.2) is 30.5 Å². The number of phenolic OH excluding ortho intramolecular Hbond substituents is 1. The van der Waals surface area contributed by atoms with Crippen molar-refractivity contribution in [2.24, 2.45) is 0 Å². The summed E-state index contributed by atoms with van der Waals surface area (Å²) in [5.74, 6) is 0.278. The summed E-state index contributed by atoms with van der Waals surface area (Å²) in [7, 11) is 0. The number of nitrogens with zero attached hydrogens (tertiary/aromatic N) is 2. The fraction of sp³-hybridized carbons (Fsp3) is 0.182. The van der Waals surface area contributed by atoms with Crippen LogP contribution in [-0.4, -0.2) is 14.9 Å². The topological polar surface area (TPSA) is 50.1 Å². The van der Waals surface area contributed by atoms with Crippen LogP contribution in [0.1, 0.15) is 11.3 Å². The molecule has 0 amide bonds. The Morgan fingerprint density at radius 2 is 2.00 bits per heavy atom. The van der Waals surface area contributed by atoms with Gasteiger partial charge in [-0.3, -0.25) is 0 Å². The third-order valence-electron chi connectivity index (χ3n) is 2.60. The third kappa shape index (κ3) is 1.39. The minimum atomic E-state index is 0.278. The molecule has 1 aliphatic heterocycles. The highest BCUT2D eigenvalue weighted by Crippen LogP contribution is 2.18. The highest BCUT2D eigenvalue weighted by Gasteiger charge is 2.14. The Morgan fingerprint density at radius 3 is 2.73 bits per heavy atom. The Kier molecular flexibility index (Phi) is 1.76. The zero-order valence-electron chi connectivity index (χ0n) is 8.14. The molecule has 0 spiro atoms. The molecule has 0 bridgehead atoms. The minimum Gasteiger partial charge on any atom is -0.508 e. The van der Waals surface area contributed by atoms with E-state index in [1.54, 1.807) is 12.1 Å². The zero-order chi connectivity index (χ0) is 10.3. The summed E-state index contributed by atoms with van der Waals surface area (Å²) in [6.07, 6.45) is 2.03. The molecule has 2 N–H and O–H groups in total. The molecule has 1 aliphatic rings. The zero-order valence-corrected chi connectivity index (χ0v) is 8.14. The lowest BCUT2D eigenvalue weighted by Gasteiger charge is -2.01. The number of aromatic nitrogens is 2. The molecule has 15 heavy (non-hydrogen) atoms. The van der Waals surface area contributed by atoms with Crippen molar-refractivity contribution in [2.45, 2.75) is 13.1 Å². The Bertz CT molecular complexity index is 466. The summed E-state index contributed by atoms with van der Waals surface area (Å²) < 4.78 is 1.85. The van der Waals surface area contributed by atoms with Crippen LogP contribution >= 0.6 is 0 Å². The van der Waals surface area contributed by atoms with Crippen molar-refractivity contribution in [2.75, 3.05) is 0 Å². The predicted molar refractivity (Wildman–Crippen MR) is 55.8 cm³/mol. The quantitative estimate of drug-likeness (QED) is 0.728. The number of aromatic hydroxyl groups is 1. The van der Waals surface area contributed by atoms with Crippen LogP contribution in [0.25, 0.3) is 5.69 Å². The normalized spacial score (nSPS) is 14.1. The molecule has 1 aromatic carbocycles. The molecule has 4 nitrogen and oxygen atoms in total. The average molecular weight is 201 g/mol. The van der Waals surface area contributed by atoms with Crippen molar-refractivity contribution in [3.63, 3.8) is 0 Å². The second kappa shape index (κ2) is 3.10. The van der Waals surface area contributed by atoms with Gasteiger partial charge in [-0.2, -0.15) is 5.10 Å². The molecule has 0 radical (unpaired) electrons. The SMILES string of the molecule is Oc1ccc(-n2cc3c(n2)CNC3)cc1. The molecule has 0 aliphatic carbocycles. The number of phenols is 1. The van der Waals surface area contributed by atoms with Crippen molar-refractivity contribution in [3.8, 4) is 11.4 Å².